The van der Waals surface area contributed by atoms with Crippen LogP contribution in [0.3, 0.4) is 0 Å². The lowest BCUT2D eigenvalue weighted by Crippen LogP contribution is -2.14. The average molecular weight is 483 g/mol. The molecule has 2 heterocycles. The summed E-state index contributed by atoms with van der Waals surface area (Å²) in [5.74, 6) is 0.651. The predicted molar refractivity (Wildman–Crippen MR) is 105 cm³/mol. The summed E-state index contributed by atoms with van der Waals surface area (Å²) < 4.78 is 10.9. The molecule has 0 atom stereocenters. The Morgan fingerprint density at radius 1 is 1.19 bits per heavy atom. The molecule has 9 heteroatoms. The van der Waals surface area contributed by atoms with Crippen LogP contribution < -0.4 is 10.1 Å². The van der Waals surface area contributed by atoms with Gasteiger partial charge in [0, 0.05) is 23.6 Å². The van der Waals surface area contributed by atoms with E-state index in [1.807, 2.05) is 37.4 Å². The summed E-state index contributed by atoms with van der Waals surface area (Å²) >= 11 is 6.78. The number of anilines is 1. The minimum absolute atomic E-state index is 0.0948. The minimum Gasteiger partial charge on any atom is -0.471 e. The molecule has 0 aliphatic rings. The first-order valence-electron chi connectivity index (χ1n) is 7.90. The van der Waals surface area contributed by atoms with E-state index in [0.29, 0.717) is 18.7 Å². The molecule has 1 N–H and O–H groups in total. The molecule has 0 fully saturated rings. The first kappa shape index (κ1) is 18.7. The highest BCUT2D eigenvalue weighted by Gasteiger charge is 2.07. The third-order valence-corrected chi connectivity index (χ3v) is 4.86. The maximum absolute atomic E-state index is 12.1. The second kappa shape index (κ2) is 8.50. The minimum atomic E-state index is -0.0948. The second-order valence-electron chi connectivity index (χ2n) is 5.62. The fourth-order valence-electron chi connectivity index (χ4n) is 2.22. The molecule has 0 radical (unpaired) electrons. The number of halogens is 2. The lowest BCUT2D eigenvalue weighted by molar-refractivity contribution is -0.116. The Kier molecular flexibility index (Phi) is 6.10. The number of nitrogens with zero attached hydrogens (tertiary/aromatic N) is 4. The number of benzene rings is 1. The molecule has 0 saturated carbocycles. The summed E-state index contributed by atoms with van der Waals surface area (Å²) in [6, 6.07) is 7.55. The van der Waals surface area contributed by atoms with Crippen LogP contribution in [0.5, 0.6) is 5.75 Å². The van der Waals surface area contributed by atoms with Crippen molar-refractivity contribution in [3.05, 3.63) is 57.5 Å². The van der Waals surface area contributed by atoms with Gasteiger partial charge in [-0.15, -0.1) is 0 Å². The Morgan fingerprint density at radius 2 is 1.96 bits per heavy atom. The van der Waals surface area contributed by atoms with Crippen LogP contribution in [-0.2, 0) is 18.1 Å². The third-order valence-electron chi connectivity index (χ3n) is 3.55. The third kappa shape index (κ3) is 5.18. The molecule has 0 aliphatic heterocycles. The Bertz CT molecular complexity index is 869. The van der Waals surface area contributed by atoms with E-state index >= 15 is 0 Å². The van der Waals surface area contributed by atoms with Crippen LogP contribution >= 0.6 is 31.9 Å². The molecule has 0 spiro atoms. The van der Waals surface area contributed by atoms with Gasteiger partial charge in [-0.3, -0.25) is 9.48 Å². The van der Waals surface area contributed by atoms with Gasteiger partial charge in [0.05, 0.1) is 28.2 Å². The van der Waals surface area contributed by atoms with Crippen molar-refractivity contribution in [1.29, 1.82) is 0 Å². The molecule has 136 valence electrons. The zero-order valence-electron chi connectivity index (χ0n) is 14.0. The number of carbonyl (C=O) groups excluding carboxylic acids is 1. The summed E-state index contributed by atoms with van der Waals surface area (Å²) in [5, 5.41) is 11.3. The highest BCUT2D eigenvalue weighted by Crippen LogP contribution is 2.17. The largest absolute Gasteiger partial charge is 0.471 e. The predicted octanol–water partition coefficient (Wildman–Crippen LogP) is 3.98. The molecule has 7 nitrogen and oxygen atoms in total. The van der Waals surface area contributed by atoms with Crippen molar-refractivity contribution >= 4 is 43.5 Å². The fraction of sp³-hybridized carbons (Fsp3) is 0.235. The van der Waals surface area contributed by atoms with E-state index in [4.69, 9.17) is 4.74 Å². The van der Waals surface area contributed by atoms with Crippen molar-refractivity contribution in [2.24, 2.45) is 0 Å². The van der Waals surface area contributed by atoms with Crippen molar-refractivity contribution in [2.45, 2.75) is 26.6 Å². The van der Waals surface area contributed by atoms with Crippen LogP contribution in [-0.4, -0.2) is 25.5 Å². The standard InChI is InChI=1S/C17H17Br2N5O2/c1-12-16(19)10-23(22-12)7-6-17(25)21-14-8-20-24(9-14)11-26-15-4-2-13(18)3-5-15/h2-5,8-10H,6-7,11H2,1H3,(H,21,25). The number of amides is 1. The molecular weight excluding hydrogens is 466 g/mol. The number of hydrogen-bond acceptors (Lipinski definition) is 4. The molecule has 1 amide bonds. The van der Waals surface area contributed by atoms with Gasteiger partial charge < -0.3 is 10.1 Å². The van der Waals surface area contributed by atoms with E-state index in [9.17, 15) is 4.79 Å². The van der Waals surface area contributed by atoms with Gasteiger partial charge in [-0.1, -0.05) is 15.9 Å². The molecule has 0 unspecified atom stereocenters. The number of rotatable bonds is 7. The lowest BCUT2D eigenvalue weighted by Gasteiger charge is -2.06. The molecule has 26 heavy (non-hydrogen) atoms. The van der Waals surface area contributed by atoms with Crippen LogP contribution in [0.2, 0.25) is 0 Å². The molecule has 3 rings (SSSR count). The fourth-order valence-corrected chi connectivity index (χ4v) is 2.80. The molecule has 0 saturated heterocycles. The van der Waals surface area contributed by atoms with E-state index in [-0.39, 0.29) is 12.6 Å². The van der Waals surface area contributed by atoms with Crippen molar-refractivity contribution < 1.29 is 9.53 Å². The first-order chi connectivity index (χ1) is 12.5. The SMILES string of the molecule is Cc1nn(CCC(=O)Nc2cnn(COc3ccc(Br)cc3)c2)cc1Br. The average Bonchev–Trinajstić information content (AvgIpc) is 3.19. The van der Waals surface area contributed by atoms with E-state index in [1.54, 1.807) is 21.8 Å². The molecular formula is C17H17Br2N5O2. The monoisotopic (exact) mass is 481 g/mol. The Balaban J connectivity index is 1.46. The van der Waals surface area contributed by atoms with Crippen molar-refractivity contribution in [3.8, 4) is 5.75 Å². The maximum atomic E-state index is 12.1. The molecule has 0 bridgehead atoms. The number of aromatic nitrogens is 4. The smallest absolute Gasteiger partial charge is 0.226 e. The van der Waals surface area contributed by atoms with Gasteiger partial charge in [0.1, 0.15) is 5.75 Å². The number of aryl methyl sites for hydroxylation is 2. The number of carbonyl (C=O) groups is 1. The zero-order valence-corrected chi connectivity index (χ0v) is 17.2. The highest BCUT2D eigenvalue weighted by atomic mass is 79.9. The normalized spacial score (nSPS) is 10.7. The van der Waals surface area contributed by atoms with E-state index < -0.39 is 0 Å². The van der Waals surface area contributed by atoms with Gasteiger partial charge in [-0.2, -0.15) is 10.2 Å². The van der Waals surface area contributed by atoms with Crippen LogP contribution in [0.4, 0.5) is 5.69 Å². The van der Waals surface area contributed by atoms with E-state index in [0.717, 1.165) is 20.4 Å². The van der Waals surface area contributed by atoms with Gasteiger partial charge >= 0.3 is 0 Å². The van der Waals surface area contributed by atoms with Crippen molar-refractivity contribution in [3.63, 3.8) is 0 Å². The number of ether oxygens (including phenoxy) is 1. The number of hydrogen-bond donors (Lipinski definition) is 1. The summed E-state index contributed by atoms with van der Waals surface area (Å²) in [4.78, 5) is 12.1. The zero-order chi connectivity index (χ0) is 18.5. The van der Waals surface area contributed by atoms with Gasteiger partial charge in [0.2, 0.25) is 5.91 Å². The Labute approximate surface area is 167 Å². The van der Waals surface area contributed by atoms with Crippen molar-refractivity contribution in [2.75, 3.05) is 5.32 Å². The molecule has 3 aromatic rings. The lowest BCUT2D eigenvalue weighted by atomic mass is 10.3. The Morgan fingerprint density at radius 3 is 2.65 bits per heavy atom. The summed E-state index contributed by atoms with van der Waals surface area (Å²) in [7, 11) is 0. The van der Waals surface area contributed by atoms with Crippen LogP contribution in [0.1, 0.15) is 12.1 Å². The van der Waals surface area contributed by atoms with E-state index in [1.165, 1.54) is 0 Å². The van der Waals surface area contributed by atoms with E-state index in [2.05, 4.69) is 47.4 Å². The van der Waals surface area contributed by atoms with Crippen molar-refractivity contribution in [1.82, 2.24) is 19.6 Å². The summed E-state index contributed by atoms with van der Waals surface area (Å²) in [6.07, 6.45) is 5.51. The summed E-state index contributed by atoms with van der Waals surface area (Å²) in [5.41, 5.74) is 1.53. The van der Waals surface area contributed by atoms with Crippen LogP contribution in [0.25, 0.3) is 0 Å². The van der Waals surface area contributed by atoms with Gasteiger partial charge in [0.15, 0.2) is 6.73 Å². The molecule has 0 aliphatic carbocycles. The quantitative estimate of drug-likeness (QED) is 0.552. The first-order valence-corrected chi connectivity index (χ1v) is 9.48. The van der Waals surface area contributed by atoms with Gasteiger partial charge in [-0.05, 0) is 47.1 Å². The second-order valence-corrected chi connectivity index (χ2v) is 7.39. The Hall–Kier alpha value is -2.13. The topological polar surface area (TPSA) is 74.0 Å². The van der Waals surface area contributed by atoms with Crippen LogP contribution in [0, 0.1) is 6.92 Å². The van der Waals surface area contributed by atoms with Gasteiger partial charge in [-0.25, -0.2) is 4.68 Å². The summed E-state index contributed by atoms with van der Waals surface area (Å²) in [6.45, 7) is 2.68. The van der Waals surface area contributed by atoms with Crippen LogP contribution in [0.15, 0.2) is 51.8 Å². The highest BCUT2D eigenvalue weighted by molar-refractivity contribution is 9.10. The molecule has 1 aromatic carbocycles. The maximum Gasteiger partial charge on any atom is 0.226 e. The molecule has 2 aromatic heterocycles. The number of nitrogens with one attached hydrogen (secondary N) is 1. The van der Waals surface area contributed by atoms with Gasteiger partial charge in [0.25, 0.3) is 0 Å².